The molecule has 0 saturated heterocycles. The smallest absolute Gasteiger partial charge is 0.271 e. The molecule has 8 heteroatoms. The molecule has 0 amide bonds. The van der Waals surface area contributed by atoms with Crippen molar-refractivity contribution in [1.82, 2.24) is 4.57 Å². The van der Waals surface area contributed by atoms with Gasteiger partial charge in [-0.1, -0.05) is 36.4 Å². The molecule has 0 bridgehead atoms. The number of anilines is 2. The second kappa shape index (κ2) is 7.71. The number of ether oxygens (including phenoxy) is 1. The molecule has 1 aliphatic carbocycles. The molecule has 0 saturated carbocycles. The van der Waals surface area contributed by atoms with E-state index in [0.29, 0.717) is 51.6 Å². The van der Waals surface area contributed by atoms with Gasteiger partial charge in [-0.2, -0.15) is 5.26 Å². The number of benzene rings is 2. The van der Waals surface area contributed by atoms with Crippen LogP contribution in [0.2, 0.25) is 0 Å². The fourth-order valence-corrected chi connectivity index (χ4v) is 3.91. The number of carbonyl (C=O) groups excluding carboxylic acids is 2. The number of nitrogens with zero attached hydrogens (tertiary/aromatic N) is 2. The summed E-state index contributed by atoms with van der Waals surface area (Å²) in [6, 6.07) is 13.7. The number of hydrogen-bond acceptors (Lipinski definition) is 7. The minimum absolute atomic E-state index is 0.0756. The molecule has 2 heterocycles. The zero-order chi connectivity index (χ0) is 23.2. The maximum atomic E-state index is 12.2. The van der Waals surface area contributed by atoms with Crippen LogP contribution in [0.15, 0.2) is 47.3 Å². The number of carbonyl (C=O) groups is 2. The third-order valence-electron chi connectivity index (χ3n) is 5.56. The highest BCUT2D eigenvalue weighted by atomic mass is 16.5. The molecule has 1 unspecified atom stereocenters. The molecule has 1 atom stereocenters. The Morgan fingerprint density at radius 1 is 1.00 bits per heavy atom. The summed E-state index contributed by atoms with van der Waals surface area (Å²) in [6.45, 7) is 3.96. The average molecular weight is 428 g/mol. The second-order valence-corrected chi connectivity index (χ2v) is 7.65. The van der Waals surface area contributed by atoms with Gasteiger partial charge in [-0.05, 0) is 19.9 Å². The number of nitrogens with two attached hydrogens (primary N) is 2. The summed E-state index contributed by atoms with van der Waals surface area (Å²) in [6.07, 6.45) is -0.0756. The van der Waals surface area contributed by atoms with Gasteiger partial charge in [0.05, 0.1) is 17.8 Å². The summed E-state index contributed by atoms with van der Waals surface area (Å²) in [5.74, 6) is 0.0831. The van der Waals surface area contributed by atoms with Gasteiger partial charge in [0.25, 0.3) is 5.56 Å². The van der Waals surface area contributed by atoms with E-state index in [1.165, 1.54) is 4.57 Å². The molecule has 5 rings (SSSR count). The third-order valence-corrected chi connectivity index (χ3v) is 5.56. The van der Waals surface area contributed by atoms with Crippen molar-refractivity contribution in [1.29, 1.82) is 5.26 Å². The number of nitrogen functional groups attached to an aromatic ring is 2. The van der Waals surface area contributed by atoms with E-state index in [1.54, 1.807) is 49.4 Å². The van der Waals surface area contributed by atoms with E-state index in [0.717, 1.165) is 0 Å². The molecule has 4 N–H and O–H groups in total. The number of hydrogen-bond donors (Lipinski definition) is 2. The molecule has 8 nitrogen and oxygen atoms in total. The van der Waals surface area contributed by atoms with Crippen molar-refractivity contribution >= 4 is 22.9 Å². The number of pyridine rings is 1. The quantitative estimate of drug-likeness (QED) is 0.410. The lowest BCUT2D eigenvalue weighted by atomic mass is 9.83. The van der Waals surface area contributed by atoms with Gasteiger partial charge in [0.1, 0.15) is 17.7 Å². The van der Waals surface area contributed by atoms with Crippen LogP contribution in [0, 0.1) is 18.3 Å². The van der Waals surface area contributed by atoms with Crippen LogP contribution in [-0.4, -0.2) is 22.2 Å². The minimum atomic E-state index is -0.316. The highest BCUT2D eigenvalue weighted by molar-refractivity contribution is 6.30. The van der Waals surface area contributed by atoms with Crippen molar-refractivity contribution < 1.29 is 14.3 Å². The number of rotatable bonds is 0. The topological polar surface area (TPSA) is 141 Å². The Morgan fingerprint density at radius 2 is 1.62 bits per heavy atom. The summed E-state index contributed by atoms with van der Waals surface area (Å²) < 4.78 is 6.85. The number of aromatic nitrogens is 1. The van der Waals surface area contributed by atoms with Crippen molar-refractivity contribution in [2.45, 2.75) is 26.5 Å². The van der Waals surface area contributed by atoms with Crippen molar-refractivity contribution in [2.24, 2.45) is 0 Å². The van der Waals surface area contributed by atoms with Gasteiger partial charge < -0.3 is 16.2 Å². The van der Waals surface area contributed by atoms with Gasteiger partial charge in [0.2, 0.25) is 5.88 Å². The maximum absolute atomic E-state index is 12.2. The highest BCUT2D eigenvalue weighted by Crippen LogP contribution is 2.31. The summed E-state index contributed by atoms with van der Waals surface area (Å²) in [4.78, 5) is 36.3. The lowest BCUT2D eigenvalue weighted by molar-refractivity contribution is 0.0979. The van der Waals surface area contributed by atoms with Gasteiger partial charge in [-0.15, -0.1) is 0 Å². The first-order chi connectivity index (χ1) is 15.3. The first-order valence-corrected chi connectivity index (χ1v) is 9.92. The molecule has 0 radical (unpaired) electrons. The predicted molar refractivity (Wildman–Crippen MR) is 119 cm³/mol. The Morgan fingerprint density at radius 3 is 2.28 bits per heavy atom. The molecular weight excluding hydrogens is 408 g/mol. The number of fused-ring (bicyclic) bond motifs is 3. The van der Waals surface area contributed by atoms with Crippen LogP contribution in [0.5, 0.6) is 5.88 Å². The van der Waals surface area contributed by atoms with Crippen LogP contribution in [-0.2, 0) is 6.54 Å². The first kappa shape index (κ1) is 20.9. The first-order valence-electron chi connectivity index (χ1n) is 9.92. The van der Waals surface area contributed by atoms with Crippen LogP contribution >= 0.6 is 0 Å². The third kappa shape index (κ3) is 3.11. The van der Waals surface area contributed by atoms with E-state index < -0.39 is 0 Å². The Balaban J connectivity index is 0.000000155. The molecule has 0 spiro atoms. The van der Waals surface area contributed by atoms with Crippen LogP contribution in [0.4, 0.5) is 11.4 Å². The molecule has 1 aliphatic heterocycles. The highest BCUT2D eigenvalue weighted by Gasteiger charge is 2.30. The van der Waals surface area contributed by atoms with Crippen molar-refractivity contribution in [3.63, 3.8) is 0 Å². The Hall–Kier alpha value is -4.38. The van der Waals surface area contributed by atoms with Crippen molar-refractivity contribution in [3.8, 4) is 11.9 Å². The molecule has 1 aromatic heterocycles. The number of nitriles is 1. The SMILES string of the molecule is Cc1c(N)c2n(c(=O)c1C#N)CC(C)O2.Nc1cccc2c1C(=O)c1ccccc1C2=O. The van der Waals surface area contributed by atoms with Gasteiger partial charge in [0, 0.05) is 27.9 Å². The molecule has 0 fully saturated rings. The van der Waals surface area contributed by atoms with E-state index in [9.17, 15) is 14.4 Å². The zero-order valence-corrected chi connectivity index (χ0v) is 17.5. The van der Waals surface area contributed by atoms with Crippen molar-refractivity contribution in [3.05, 3.63) is 86.2 Å². The molecule has 160 valence electrons. The summed E-state index contributed by atoms with van der Waals surface area (Å²) in [5.41, 5.74) is 14.2. The standard InChI is InChI=1S/C14H9NO2.C10H11N3O2/c15-11-7-3-6-10-12(11)14(17)9-5-2-1-4-8(9)13(10)16;1-5-4-13-9(14)7(3-11)6(2)8(12)10(13)15-5/h1-7H,15H2;5H,4,12H2,1-2H3. The van der Waals surface area contributed by atoms with Gasteiger partial charge in [-0.25, -0.2) is 0 Å². The van der Waals surface area contributed by atoms with Crippen molar-refractivity contribution in [2.75, 3.05) is 11.5 Å². The summed E-state index contributed by atoms with van der Waals surface area (Å²) >= 11 is 0. The minimum Gasteiger partial charge on any atom is -0.472 e. The molecule has 3 aromatic rings. The predicted octanol–water partition coefficient (Wildman–Crippen LogP) is 2.44. The Labute approximate surface area is 183 Å². The lowest BCUT2D eigenvalue weighted by Gasteiger charge is -2.18. The van der Waals surface area contributed by atoms with E-state index >= 15 is 0 Å². The summed E-state index contributed by atoms with van der Waals surface area (Å²) in [7, 11) is 0. The monoisotopic (exact) mass is 428 g/mol. The van der Waals surface area contributed by atoms with Crippen LogP contribution in [0.3, 0.4) is 0 Å². The van der Waals surface area contributed by atoms with E-state index in [-0.39, 0.29) is 28.8 Å². The molecule has 2 aliphatic rings. The van der Waals surface area contributed by atoms with E-state index in [1.807, 2.05) is 13.0 Å². The van der Waals surface area contributed by atoms with Crippen LogP contribution in [0.1, 0.15) is 49.9 Å². The lowest BCUT2D eigenvalue weighted by Crippen LogP contribution is -2.23. The van der Waals surface area contributed by atoms with Gasteiger partial charge >= 0.3 is 0 Å². The summed E-state index contributed by atoms with van der Waals surface area (Å²) in [5, 5.41) is 8.86. The van der Waals surface area contributed by atoms with Crippen LogP contribution in [0.25, 0.3) is 0 Å². The van der Waals surface area contributed by atoms with E-state index in [2.05, 4.69) is 0 Å². The van der Waals surface area contributed by atoms with Gasteiger partial charge in [-0.3, -0.25) is 19.0 Å². The Kier molecular flexibility index (Phi) is 5.03. The fraction of sp³-hybridized carbons (Fsp3) is 0.167. The van der Waals surface area contributed by atoms with Crippen LogP contribution < -0.4 is 21.8 Å². The molecule has 32 heavy (non-hydrogen) atoms. The second-order valence-electron chi connectivity index (χ2n) is 7.65. The average Bonchev–Trinajstić information content (AvgIpc) is 3.19. The molecular formula is C24H20N4O4. The largest absolute Gasteiger partial charge is 0.472 e. The Bertz CT molecular complexity index is 1400. The zero-order valence-electron chi connectivity index (χ0n) is 17.5. The maximum Gasteiger partial charge on any atom is 0.271 e. The van der Waals surface area contributed by atoms with E-state index in [4.69, 9.17) is 21.5 Å². The molecule has 2 aromatic carbocycles. The normalized spacial score (nSPS) is 15.5. The number of ketones is 2. The fourth-order valence-electron chi connectivity index (χ4n) is 3.91. The van der Waals surface area contributed by atoms with Gasteiger partial charge in [0.15, 0.2) is 11.6 Å².